The van der Waals surface area contributed by atoms with Crippen molar-refractivity contribution in [2.45, 2.75) is 12.8 Å². The number of imide groups is 1. The van der Waals surface area contributed by atoms with E-state index < -0.39 is 0 Å². The Balaban J connectivity index is 1.80. The highest BCUT2D eigenvalue weighted by molar-refractivity contribution is 6.51. The molecule has 136 valence electrons. The summed E-state index contributed by atoms with van der Waals surface area (Å²) in [7, 11) is 1.57. The molecule has 1 aliphatic heterocycles. The number of nitrogens with zero attached hydrogens (tertiary/aromatic N) is 1. The molecular weight excluding hydrogens is 350 g/mol. The Labute approximate surface area is 160 Å². The Kier molecular flexibility index (Phi) is 2.88. The summed E-state index contributed by atoms with van der Waals surface area (Å²) in [6.07, 6.45) is 1.54. The monoisotopic (exact) mass is 367 g/mol. The number of aromatic nitrogens is 2. The second kappa shape index (κ2) is 5.23. The van der Waals surface area contributed by atoms with Crippen LogP contribution in [0.25, 0.3) is 33.0 Å². The standard InChI is InChI=1S/C23H17N3O2/c1-26-22(27)20-18-12-6-2-4-8-14(12)24-16(18)10-11-17-19(21(20)23(26)28)13-7-3-5-9-15(13)25-17/h2-9,24-25H,10-11H2,1H3. The van der Waals surface area contributed by atoms with Gasteiger partial charge < -0.3 is 9.97 Å². The van der Waals surface area contributed by atoms with E-state index in [9.17, 15) is 9.59 Å². The number of amides is 2. The number of carbonyl (C=O) groups is 2. The summed E-state index contributed by atoms with van der Waals surface area (Å²) >= 11 is 0. The number of aryl methyl sites for hydroxylation is 2. The minimum Gasteiger partial charge on any atom is -0.358 e. The summed E-state index contributed by atoms with van der Waals surface area (Å²) in [6.45, 7) is 0. The maximum atomic E-state index is 13.2. The third kappa shape index (κ3) is 1.80. The number of fused-ring (bicyclic) bond motifs is 8. The van der Waals surface area contributed by atoms with Gasteiger partial charge in [-0.25, -0.2) is 0 Å². The number of para-hydroxylation sites is 2. The molecule has 5 heteroatoms. The largest absolute Gasteiger partial charge is 0.358 e. The smallest absolute Gasteiger partial charge is 0.262 e. The Bertz CT molecular complexity index is 1270. The molecule has 1 aliphatic carbocycles. The van der Waals surface area contributed by atoms with E-state index in [4.69, 9.17) is 0 Å². The van der Waals surface area contributed by atoms with Gasteiger partial charge in [0, 0.05) is 51.4 Å². The molecule has 0 saturated heterocycles. The number of hydrogen-bond acceptors (Lipinski definition) is 2. The Morgan fingerprint density at radius 1 is 0.714 bits per heavy atom. The normalized spacial score (nSPS) is 16.4. The van der Waals surface area contributed by atoms with Crippen LogP contribution >= 0.6 is 0 Å². The molecule has 4 aromatic rings. The number of rotatable bonds is 0. The average Bonchev–Trinajstić information content (AvgIpc) is 3.30. The molecule has 28 heavy (non-hydrogen) atoms. The van der Waals surface area contributed by atoms with Crippen molar-refractivity contribution in [3.8, 4) is 0 Å². The minimum absolute atomic E-state index is 0.232. The van der Waals surface area contributed by atoms with Crippen LogP contribution in [0.4, 0.5) is 0 Å². The molecule has 2 N–H and O–H groups in total. The quantitative estimate of drug-likeness (QED) is 0.466. The number of likely N-dealkylation sites (N-methyl/N-ethyl adjacent to an activating group) is 1. The first kappa shape index (κ1) is 15.5. The molecule has 0 bridgehead atoms. The first-order chi connectivity index (χ1) is 13.6. The predicted octanol–water partition coefficient (Wildman–Crippen LogP) is 3.66. The van der Waals surface area contributed by atoms with E-state index in [0.29, 0.717) is 11.1 Å². The Hall–Kier alpha value is -3.60. The van der Waals surface area contributed by atoms with Gasteiger partial charge in [0.05, 0.1) is 11.1 Å². The van der Waals surface area contributed by atoms with Gasteiger partial charge in [-0.2, -0.15) is 0 Å². The number of nitrogens with one attached hydrogen (secondary N) is 2. The van der Waals surface area contributed by atoms with Crippen molar-refractivity contribution in [2.75, 3.05) is 7.05 Å². The summed E-state index contributed by atoms with van der Waals surface area (Å²) in [6, 6.07) is 16.0. The van der Waals surface area contributed by atoms with Crippen molar-refractivity contribution in [3.63, 3.8) is 0 Å². The van der Waals surface area contributed by atoms with Gasteiger partial charge in [0.1, 0.15) is 0 Å². The highest BCUT2D eigenvalue weighted by atomic mass is 16.2. The van der Waals surface area contributed by atoms with Gasteiger partial charge in [0.25, 0.3) is 11.8 Å². The zero-order valence-corrected chi connectivity index (χ0v) is 15.3. The second-order valence-corrected chi connectivity index (χ2v) is 7.47. The zero-order chi connectivity index (χ0) is 19.0. The van der Waals surface area contributed by atoms with Crippen LogP contribution in [-0.4, -0.2) is 33.7 Å². The minimum atomic E-state index is -0.232. The van der Waals surface area contributed by atoms with Crippen LogP contribution in [0.2, 0.25) is 0 Å². The van der Waals surface area contributed by atoms with Gasteiger partial charge in [-0.15, -0.1) is 0 Å². The van der Waals surface area contributed by atoms with Crippen LogP contribution in [-0.2, 0) is 22.4 Å². The highest BCUT2D eigenvalue weighted by Crippen LogP contribution is 2.44. The van der Waals surface area contributed by atoms with Crippen LogP contribution in [0.3, 0.4) is 0 Å². The molecule has 0 unspecified atom stereocenters. The molecule has 5 nitrogen and oxygen atoms in total. The van der Waals surface area contributed by atoms with Gasteiger partial charge in [0.15, 0.2) is 0 Å². The van der Waals surface area contributed by atoms with Crippen LogP contribution in [0.15, 0.2) is 48.5 Å². The molecule has 0 saturated carbocycles. The summed E-state index contributed by atoms with van der Waals surface area (Å²) < 4.78 is 0. The molecule has 0 atom stereocenters. The molecular formula is C23H17N3O2. The SMILES string of the molecule is CN1C(=O)C2=C(C1=O)c1c([nH]c3ccccc13)CCc1[nH]c3ccccc3c12. The molecule has 0 spiro atoms. The zero-order valence-electron chi connectivity index (χ0n) is 15.3. The third-order valence-corrected chi connectivity index (χ3v) is 5.98. The number of aromatic amines is 2. The molecule has 0 fully saturated rings. The molecule has 2 amide bonds. The maximum Gasteiger partial charge on any atom is 0.262 e. The van der Waals surface area contributed by atoms with E-state index in [-0.39, 0.29) is 11.8 Å². The van der Waals surface area contributed by atoms with Gasteiger partial charge in [-0.05, 0) is 25.0 Å². The second-order valence-electron chi connectivity index (χ2n) is 7.47. The van der Waals surface area contributed by atoms with Gasteiger partial charge in [0.2, 0.25) is 0 Å². The van der Waals surface area contributed by atoms with E-state index in [2.05, 4.69) is 9.97 Å². The van der Waals surface area contributed by atoms with E-state index >= 15 is 0 Å². The van der Waals surface area contributed by atoms with E-state index in [1.165, 1.54) is 4.90 Å². The Morgan fingerprint density at radius 2 is 1.14 bits per heavy atom. The van der Waals surface area contributed by atoms with Crippen molar-refractivity contribution >= 4 is 44.8 Å². The fourth-order valence-electron chi connectivity index (χ4n) is 4.70. The molecule has 2 aromatic carbocycles. The predicted molar refractivity (Wildman–Crippen MR) is 109 cm³/mol. The van der Waals surface area contributed by atoms with E-state index in [1.54, 1.807) is 7.05 Å². The van der Waals surface area contributed by atoms with Crippen molar-refractivity contribution < 1.29 is 9.59 Å². The highest BCUT2D eigenvalue weighted by Gasteiger charge is 2.41. The van der Waals surface area contributed by atoms with Crippen molar-refractivity contribution in [1.82, 2.24) is 14.9 Å². The van der Waals surface area contributed by atoms with Crippen molar-refractivity contribution in [1.29, 1.82) is 0 Å². The molecule has 2 aromatic heterocycles. The number of H-pyrrole nitrogens is 2. The topological polar surface area (TPSA) is 69.0 Å². The fraction of sp³-hybridized carbons (Fsp3) is 0.130. The first-order valence-electron chi connectivity index (χ1n) is 9.41. The van der Waals surface area contributed by atoms with Gasteiger partial charge in [-0.3, -0.25) is 14.5 Å². The van der Waals surface area contributed by atoms with Crippen LogP contribution in [0.1, 0.15) is 22.5 Å². The first-order valence-corrected chi connectivity index (χ1v) is 9.41. The lowest BCUT2D eigenvalue weighted by atomic mass is 9.88. The number of carbonyl (C=O) groups excluding carboxylic acids is 2. The molecule has 0 radical (unpaired) electrons. The van der Waals surface area contributed by atoms with E-state index in [0.717, 1.165) is 57.2 Å². The van der Waals surface area contributed by atoms with Gasteiger partial charge >= 0.3 is 0 Å². The molecule has 3 heterocycles. The van der Waals surface area contributed by atoms with Crippen molar-refractivity contribution in [2.24, 2.45) is 0 Å². The van der Waals surface area contributed by atoms with Crippen molar-refractivity contribution in [3.05, 3.63) is 71.0 Å². The lowest BCUT2D eigenvalue weighted by Gasteiger charge is -2.12. The number of benzene rings is 2. The van der Waals surface area contributed by atoms with Gasteiger partial charge in [-0.1, -0.05) is 36.4 Å². The van der Waals surface area contributed by atoms with Crippen LogP contribution < -0.4 is 0 Å². The van der Waals surface area contributed by atoms with E-state index in [1.807, 2.05) is 48.5 Å². The third-order valence-electron chi connectivity index (χ3n) is 5.98. The molecule has 6 rings (SSSR count). The Morgan fingerprint density at radius 3 is 1.61 bits per heavy atom. The molecule has 2 aliphatic rings. The van der Waals surface area contributed by atoms with Crippen LogP contribution in [0, 0.1) is 0 Å². The van der Waals surface area contributed by atoms with Crippen LogP contribution in [0.5, 0.6) is 0 Å². The summed E-state index contributed by atoms with van der Waals surface area (Å²) in [5.74, 6) is -0.465. The lowest BCUT2D eigenvalue weighted by Crippen LogP contribution is -2.26. The summed E-state index contributed by atoms with van der Waals surface area (Å²) in [5, 5.41) is 1.98. The summed E-state index contributed by atoms with van der Waals surface area (Å²) in [4.78, 5) is 34.6. The summed E-state index contributed by atoms with van der Waals surface area (Å²) in [5.41, 5.74) is 6.79. The fourth-order valence-corrected chi connectivity index (χ4v) is 4.70. The lowest BCUT2D eigenvalue weighted by molar-refractivity contribution is -0.134. The number of hydrogen-bond donors (Lipinski definition) is 2. The average molecular weight is 367 g/mol. The maximum absolute atomic E-state index is 13.2.